The average molecular weight is 332 g/mol. The van der Waals surface area contributed by atoms with E-state index in [1.54, 1.807) is 0 Å². The summed E-state index contributed by atoms with van der Waals surface area (Å²) in [5.74, 6) is 0.484. The van der Waals surface area contributed by atoms with Crippen molar-refractivity contribution in [1.29, 1.82) is 0 Å². The van der Waals surface area contributed by atoms with Crippen molar-refractivity contribution >= 4 is 5.97 Å². The molecule has 1 unspecified atom stereocenters. The molecule has 1 aromatic rings. The Morgan fingerprint density at radius 2 is 1.96 bits per heavy atom. The lowest BCUT2D eigenvalue weighted by Gasteiger charge is -2.32. The number of ether oxygens (including phenoxy) is 1. The molecule has 0 radical (unpaired) electrons. The number of piperidine rings is 1. The molecule has 1 atom stereocenters. The molecule has 1 aromatic carbocycles. The Morgan fingerprint density at radius 1 is 1.17 bits per heavy atom. The minimum atomic E-state index is -0.00770. The molecule has 3 heteroatoms. The van der Waals surface area contributed by atoms with E-state index in [1.165, 1.54) is 37.7 Å². The van der Waals surface area contributed by atoms with Crippen molar-refractivity contribution in [2.75, 3.05) is 19.7 Å². The minimum absolute atomic E-state index is 0.00770. The fourth-order valence-electron chi connectivity index (χ4n) is 3.43. The van der Waals surface area contributed by atoms with Gasteiger partial charge in [-0.1, -0.05) is 62.9 Å². The number of esters is 1. The normalized spacial score (nSPS) is 18.5. The summed E-state index contributed by atoms with van der Waals surface area (Å²) in [5.41, 5.74) is 1.36. The Bertz CT molecular complexity index is 460. The van der Waals surface area contributed by atoms with Crippen molar-refractivity contribution in [2.24, 2.45) is 5.92 Å². The molecule has 134 valence electrons. The molecular formula is C21H33NO2. The maximum Gasteiger partial charge on any atom is 0.305 e. The lowest BCUT2D eigenvalue weighted by Crippen LogP contribution is -2.37. The van der Waals surface area contributed by atoms with Gasteiger partial charge < -0.3 is 4.74 Å². The first kappa shape index (κ1) is 19.0. The molecule has 1 aliphatic rings. The van der Waals surface area contributed by atoms with Crippen molar-refractivity contribution in [3.05, 3.63) is 35.9 Å². The summed E-state index contributed by atoms with van der Waals surface area (Å²) < 4.78 is 5.52. The highest BCUT2D eigenvalue weighted by atomic mass is 16.5. The number of rotatable bonds is 10. The zero-order valence-corrected chi connectivity index (χ0v) is 15.2. The summed E-state index contributed by atoms with van der Waals surface area (Å²) in [6.45, 7) is 6.00. The molecular weight excluding hydrogens is 298 g/mol. The van der Waals surface area contributed by atoms with Gasteiger partial charge in [-0.05, 0) is 31.4 Å². The van der Waals surface area contributed by atoms with Crippen molar-refractivity contribution in [1.82, 2.24) is 4.90 Å². The first-order chi connectivity index (χ1) is 11.8. The number of carbonyl (C=O) groups is 1. The number of nitrogens with zero attached hydrogens (tertiary/aromatic N) is 1. The Balaban J connectivity index is 1.61. The molecule has 0 spiro atoms. The van der Waals surface area contributed by atoms with Crippen LogP contribution in [-0.4, -0.2) is 30.6 Å². The highest BCUT2D eigenvalue weighted by Crippen LogP contribution is 2.19. The number of carbonyl (C=O) groups excluding carboxylic acids is 1. The lowest BCUT2D eigenvalue weighted by molar-refractivity contribution is -0.145. The maximum absolute atomic E-state index is 11.9. The molecule has 1 aliphatic heterocycles. The second kappa shape index (κ2) is 11.2. The van der Waals surface area contributed by atoms with Crippen LogP contribution < -0.4 is 0 Å². The SMILES string of the molecule is CCCCCCCC(=O)OCC1CCCN(Cc2ccccc2)C1. The van der Waals surface area contributed by atoms with Crippen LogP contribution in [0.5, 0.6) is 0 Å². The van der Waals surface area contributed by atoms with Gasteiger partial charge in [-0.2, -0.15) is 0 Å². The molecule has 0 N–H and O–H groups in total. The average Bonchev–Trinajstić information content (AvgIpc) is 2.61. The van der Waals surface area contributed by atoms with E-state index in [-0.39, 0.29) is 5.97 Å². The first-order valence-corrected chi connectivity index (χ1v) is 9.70. The lowest BCUT2D eigenvalue weighted by atomic mass is 9.98. The van der Waals surface area contributed by atoms with Crippen LogP contribution in [0.1, 0.15) is 63.9 Å². The van der Waals surface area contributed by atoms with Crippen molar-refractivity contribution in [3.63, 3.8) is 0 Å². The van der Waals surface area contributed by atoms with E-state index in [4.69, 9.17) is 4.74 Å². The zero-order valence-electron chi connectivity index (χ0n) is 15.2. The van der Waals surface area contributed by atoms with Crippen molar-refractivity contribution < 1.29 is 9.53 Å². The van der Waals surface area contributed by atoms with E-state index in [0.29, 0.717) is 18.9 Å². The van der Waals surface area contributed by atoms with Gasteiger partial charge in [-0.3, -0.25) is 9.69 Å². The van der Waals surface area contributed by atoms with Gasteiger partial charge in [0.1, 0.15) is 0 Å². The number of hydrogen-bond acceptors (Lipinski definition) is 3. The van der Waals surface area contributed by atoms with E-state index < -0.39 is 0 Å². The van der Waals surface area contributed by atoms with Gasteiger partial charge in [0.15, 0.2) is 0 Å². The summed E-state index contributed by atoms with van der Waals surface area (Å²) in [7, 11) is 0. The maximum atomic E-state index is 11.9. The fraction of sp³-hybridized carbons (Fsp3) is 0.667. The van der Waals surface area contributed by atoms with Crippen LogP contribution in [0, 0.1) is 5.92 Å². The molecule has 3 nitrogen and oxygen atoms in total. The predicted octanol–water partition coefficient (Wildman–Crippen LogP) is 4.80. The van der Waals surface area contributed by atoms with Gasteiger partial charge in [-0.25, -0.2) is 0 Å². The van der Waals surface area contributed by atoms with Crippen molar-refractivity contribution in [3.8, 4) is 0 Å². The Kier molecular flexibility index (Phi) is 8.90. The molecule has 1 saturated heterocycles. The van der Waals surface area contributed by atoms with Crippen LogP contribution in [0.2, 0.25) is 0 Å². The van der Waals surface area contributed by atoms with E-state index in [2.05, 4.69) is 42.2 Å². The molecule has 0 aliphatic carbocycles. The summed E-state index contributed by atoms with van der Waals surface area (Å²) >= 11 is 0. The Hall–Kier alpha value is -1.35. The minimum Gasteiger partial charge on any atom is -0.465 e. The topological polar surface area (TPSA) is 29.5 Å². The third kappa shape index (κ3) is 7.48. The smallest absolute Gasteiger partial charge is 0.305 e. The third-order valence-electron chi connectivity index (χ3n) is 4.82. The number of benzene rings is 1. The second-order valence-electron chi connectivity index (χ2n) is 7.08. The highest BCUT2D eigenvalue weighted by molar-refractivity contribution is 5.69. The van der Waals surface area contributed by atoms with Crippen LogP contribution in [0.3, 0.4) is 0 Å². The fourth-order valence-corrected chi connectivity index (χ4v) is 3.43. The quantitative estimate of drug-likeness (QED) is 0.455. The Morgan fingerprint density at radius 3 is 2.75 bits per heavy atom. The van der Waals surface area contributed by atoms with E-state index in [1.807, 2.05) is 0 Å². The standard InChI is InChI=1S/C21H33NO2/c1-2-3-4-5-9-14-21(23)24-18-20-13-10-15-22(17-20)16-19-11-7-6-8-12-19/h6-8,11-12,20H,2-5,9-10,13-18H2,1H3. The number of hydrogen-bond donors (Lipinski definition) is 0. The van der Waals surface area contributed by atoms with Gasteiger partial charge in [0.2, 0.25) is 0 Å². The van der Waals surface area contributed by atoms with Crippen molar-refractivity contribution in [2.45, 2.75) is 64.8 Å². The second-order valence-corrected chi connectivity index (χ2v) is 7.08. The summed E-state index contributed by atoms with van der Waals surface area (Å²) in [4.78, 5) is 14.3. The Labute approximate surface area is 147 Å². The molecule has 0 saturated carbocycles. The van der Waals surface area contributed by atoms with Gasteiger partial charge in [0.25, 0.3) is 0 Å². The van der Waals surface area contributed by atoms with Gasteiger partial charge in [-0.15, -0.1) is 0 Å². The van der Waals surface area contributed by atoms with Gasteiger partial charge in [0.05, 0.1) is 6.61 Å². The highest BCUT2D eigenvalue weighted by Gasteiger charge is 2.21. The van der Waals surface area contributed by atoms with E-state index >= 15 is 0 Å². The molecule has 1 heterocycles. The van der Waals surface area contributed by atoms with Crippen LogP contribution >= 0.6 is 0 Å². The summed E-state index contributed by atoms with van der Waals surface area (Å²) in [5, 5.41) is 0. The molecule has 0 amide bonds. The van der Waals surface area contributed by atoms with Gasteiger partial charge in [0, 0.05) is 25.4 Å². The monoisotopic (exact) mass is 331 g/mol. The first-order valence-electron chi connectivity index (χ1n) is 9.70. The summed E-state index contributed by atoms with van der Waals surface area (Å²) in [6, 6.07) is 10.6. The van der Waals surface area contributed by atoms with E-state index in [9.17, 15) is 4.79 Å². The molecule has 1 fully saturated rings. The van der Waals surface area contributed by atoms with Gasteiger partial charge >= 0.3 is 5.97 Å². The number of likely N-dealkylation sites (tertiary alicyclic amines) is 1. The van der Waals surface area contributed by atoms with Crippen LogP contribution in [-0.2, 0) is 16.1 Å². The number of unbranched alkanes of at least 4 members (excludes halogenated alkanes) is 4. The molecule has 2 rings (SSSR count). The predicted molar refractivity (Wildman–Crippen MR) is 98.8 cm³/mol. The van der Waals surface area contributed by atoms with Crippen LogP contribution in [0.4, 0.5) is 0 Å². The summed E-state index contributed by atoms with van der Waals surface area (Å²) in [6.07, 6.45) is 8.84. The molecule has 0 bridgehead atoms. The molecule has 0 aromatic heterocycles. The van der Waals surface area contributed by atoms with Crippen LogP contribution in [0.15, 0.2) is 30.3 Å². The zero-order chi connectivity index (χ0) is 17.0. The molecule has 24 heavy (non-hydrogen) atoms. The third-order valence-corrected chi connectivity index (χ3v) is 4.82. The largest absolute Gasteiger partial charge is 0.465 e. The van der Waals surface area contributed by atoms with E-state index in [0.717, 1.165) is 32.5 Å². The van der Waals surface area contributed by atoms with Crippen LogP contribution in [0.25, 0.3) is 0 Å².